The zero-order chi connectivity index (χ0) is 13.4. The number of nitrogen functional groups attached to an aromatic ring is 1. The molecule has 0 aromatic carbocycles. The molecule has 2 unspecified atom stereocenters. The van der Waals surface area contributed by atoms with E-state index in [2.05, 4.69) is 23.7 Å². The molecule has 3 N–H and O–H groups in total. The van der Waals surface area contributed by atoms with Gasteiger partial charge in [-0.2, -0.15) is 0 Å². The lowest BCUT2D eigenvalue weighted by atomic mass is 10.1. The number of anilines is 1. The van der Waals surface area contributed by atoms with Crippen LogP contribution < -0.4 is 10.6 Å². The first kappa shape index (κ1) is 12.9. The molecule has 2 heterocycles. The molecule has 1 aromatic heterocycles. The third kappa shape index (κ3) is 2.19. The van der Waals surface area contributed by atoms with Crippen LogP contribution >= 0.6 is 0 Å². The van der Waals surface area contributed by atoms with E-state index in [1.165, 1.54) is 6.42 Å². The first-order valence-electron chi connectivity index (χ1n) is 6.49. The predicted octanol–water partition coefficient (Wildman–Crippen LogP) is 2.22. The molecule has 0 spiro atoms. The molecule has 0 radical (unpaired) electrons. The summed E-state index contributed by atoms with van der Waals surface area (Å²) in [6.07, 6.45) is 1.17. The van der Waals surface area contributed by atoms with Crippen LogP contribution in [0.2, 0.25) is 0 Å². The van der Waals surface area contributed by atoms with E-state index in [1.54, 1.807) is 0 Å². The van der Waals surface area contributed by atoms with Gasteiger partial charge in [0.25, 0.3) is 0 Å². The molecule has 1 aromatic rings. The Hall–Kier alpha value is -1.58. The zero-order valence-corrected chi connectivity index (χ0v) is 11.6. The maximum Gasteiger partial charge on any atom is 0.140 e. The van der Waals surface area contributed by atoms with Gasteiger partial charge in [0, 0.05) is 18.3 Å². The van der Waals surface area contributed by atoms with E-state index in [4.69, 9.17) is 11.1 Å². The second-order valence-electron chi connectivity index (χ2n) is 5.54. The number of nitrogens with two attached hydrogens (primary N) is 1. The third-order valence-electron chi connectivity index (χ3n) is 3.65. The van der Waals surface area contributed by atoms with Crippen LogP contribution in [0.5, 0.6) is 0 Å². The van der Waals surface area contributed by atoms with E-state index in [-0.39, 0.29) is 5.84 Å². The van der Waals surface area contributed by atoms with Crippen molar-refractivity contribution in [2.24, 2.45) is 11.7 Å². The van der Waals surface area contributed by atoms with Crippen molar-refractivity contribution in [1.82, 2.24) is 4.98 Å². The van der Waals surface area contributed by atoms with Crippen LogP contribution in [0.1, 0.15) is 37.1 Å². The monoisotopic (exact) mass is 246 g/mol. The Morgan fingerprint density at radius 1 is 1.44 bits per heavy atom. The van der Waals surface area contributed by atoms with Crippen LogP contribution in [0.25, 0.3) is 0 Å². The maximum absolute atomic E-state index is 7.78. The van der Waals surface area contributed by atoms with Gasteiger partial charge in [0.15, 0.2) is 0 Å². The molecule has 98 valence electrons. The largest absolute Gasteiger partial charge is 0.384 e. The Kier molecular flexibility index (Phi) is 3.28. The summed E-state index contributed by atoms with van der Waals surface area (Å²) in [6.45, 7) is 9.46. The predicted molar refractivity (Wildman–Crippen MR) is 75.3 cm³/mol. The molecule has 0 bridgehead atoms. The van der Waals surface area contributed by atoms with Crippen LogP contribution in [0.3, 0.4) is 0 Å². The van der Waals surface area contributed by atoms with Crippen LogP contribution in [0.15, 0.2) is 6.07 Å². The molecular formula is C14H22N4. The molecule has 0 saturated carbocycles. The molecule has 1 aliphatic rings. The summed E-state index contributed by atoms with van der Waals surface area (Å²) in [7, 11) is 0. The highest BCUT2D eigenvalue weighted by atomic mass is 15.2. The van der Waals surface area contributed by atoms with Crippen molar-refractivity contribution >= 4 is 11.7 Å². The summed E-state index contributed by atoms with van der Waals surface area (Å²) in [4.78, 5) is 6.92. The van der Waals surface area contributed by atoms with Crippen molar-refractivity contribution in [2.75, 3.05) is 11.4 Å². The van der Waals surface area contributed by atoms with Crippen LogP contribution in [0, 0.1) is 25.2 Å². The number of aromatic nitrogens is 1. The summed E-state index contributed by atoms with van der Waals surface area (Å²) < 4.78 is 0. The maximum atomic E-state index is 7.78. The molecule has 2 rings (SSSR count). The van der Waals surface area contributed by atoms with E-state index in [9.17, 15) is 0 Å². The Morgan fingerprint density at radius 3 is 2.61 bits per heavy atom. The number of hydrogen-bond donors (Lipinski definition) is 2. The minimum atomic E-state index is 0.113. The van der Waals surface area contributed by atoms with E-state index in [1.807, 2.05) is 19.9 Å². The van der Waals surface area contributed by atoms with E-state index in [0.29, 0.717) is 12.0 Å². The molecule has 0 aliphatic carbocycles. The van der Waals surface area contributed by atoms with Crippen LogP contribution in [-0.2, 0) is 0 Å². The van der Waals surface area contributed by atoms with Gasteiger partial charge >= 0.3 is 0 Å². The minimum Gasteiger partial charge on any atom is -0.384 e. The average molecular weight is 246 g/mol. The molecule has 4 heteroatoms. The number of pyridine rings is 1. The van der Waals surface area contributed by atoms with Gasteiger partial charge < -0.3 is 10.6 Å². The highest BCUT2D eigenvalue weighted by Crippen LogP contribution is 2.31. The van der Waals surface area contributed by atoms with Crippen molar-refractivity contribution < 1.29 is 0 Å². The first-order chi connectivity index (χ1) is 8.40. The smallest absolute Gasteiger partial charge is 0.140 e. The average Bonchev–Trinajstić information content (AvgIpc) is 2.55. The van der Waals surface area contributed by atoms with Crippen molar-refractivity contribution in [3.63, 3.8) is 0 Å². The fourth-order valence-corrected chi connectivity index (χ4v) is 2.95. The van der Waals surface area contributed by atoms with Gasteiger partial charge in [-0.3, -0.25) is 5.41 Å². The quantitative estimate of drug-likeness (QED) is 0.621. The highest BCUT2D eigenvalue weighted by molar-refractivity contribution is 6.01. The topological polar surface area (TPSA) is 66.0 Å². The highest BCUT2D eigenvalue weighted by Gasteiger charge is 2.29. The standard InChI is InChI=1S/C14H22N4/c1-8-5-11(4)18(7-8)14-12(13(15)16)9(2)6-10(3)17-14/h6,8,11H,5,7H2,1-4H3,(H3,15,16). The van der Waals surface area contributed by atoms with Crippen molar-refractivity contribution in [2.45, 2.75) is 40.2 Å². The molecule has 0 amide bonds. The van der Waals surface area contributed by atoms with Crippen LogP contribution in [0.4, 0.5) is 5.82 Å². The lowest BCUT2D eigenvalue weighted by Crippen LogP contribution is -2.31. The van der Waals surface area contributed by atoms with Gasteiger partial charge in [-0.15, -0.1) is 0 Å². The Morgan fingerprint density at radius 2 is 2.11 bits per heavy atom. The summed E-state index contributed by atoms with van der Waals surface area (Å²) in [5, 5.41) is 7.78. The number of amidine groups is 1. The molecule has 18 heavy (non-hydrogen) atoms. The number of hydrogen-bond acceptors (Lipinski definition) is 3. The summed E-state index contributed by atoms with van der Waals surface area (Å²) in [5.74, 6) is 1.67. The van der Waals surface area contributed by atoms with Gasteiger partial charge in [0.1, 0.15) is 11.7 Å². The first-order valence-corrected chi connectivity index (χ1v) is 6.49. The molecule has 1 aliphatic heterocycles. The zero-order valence-electron chi connectivity index (χ0n) is 11.6. The van der Waals surface area contributed by atoms with E-state index >= 15 is 0 Å². The summed E-state index contributed by atoms with van der Waals surface area (Å²) in [6, 6.07) is 2.46. The van der Waals surface area contributed by atoms with Gasteiger partial charge in [-0.25, -0.2) is 4.98 Å². The lowest BCUT2D eigenvalue weighted by Gasteiger charge is -2.26. The van der Waals surface area contributed by atoms with E-state index in [0.717, 1.165) is 29.2 Å². The number of aryl methyl sites for hydroxylation is 2. The molecular weight excluding hydrogens is 224 g/mol. The van der Waals surface area contributed by atoms with E-state index < -0.39 is 0 Å². The fourth-order valence-electron chi connectivity index (χ4n) is 2.95. The van der Waals surface area contributed by atoms with Gasteiger partial charge in [-0.05, 0) is 44.7 Å². The van der Waals surface area contributed by atoms with Gasteiger partial charge in [-0.1, -0.05) is 6.92 Å². The molecule has 1 fully saturated rings. The van der Waals surface area contributed by atoms with Crippen LogP contribution in [-0.4, -0.2) is 23.4 Å². The fraction of sp³-hybridized carbons (Fsp3) is 0.571. The van der Waals surface area contributed by atoms with Crippen molar-refractivity contribution in [3.05, 3.63) is 22.9 Å². The normalized spacial score (nSPS) is 23.4. The minimum absolute atomic E-state index is 0.113. The number of rotatable bonds is 2. The third-order valence-corrected chi connectivity index (χ3v) is 3.65. The van der Waals surface area contributed by atoms with Gasteiger partial charge in [0.2, 0.25) is 0 Å². The van der Waals surface area contributed by atoms with Crippen molar-refractivity contribution in [1.29, 1.82) is 5.41 Å². The number of nitrogens with zero attached hydrogens (tertiary/aromatic N) is 2. The second kappa shape index (κ2) is 4.59. The summed E-state index contributed by atoms with van der Waals surface area (Å²) >= 11 is 0. The Balaban J connectivity index is 2.52. The molecule has 4 nitrogen and oxygen atoms in total. The van der Waals surface area contributed by atoms with Gasteiger partial charge in [0.05, 0.1) is 5.56 Å². The molecule has 2 atom stereocenters. The Labute approximate surface area is 109 Å². The Bertz CT molecular complexity index is 481. The van der Waals surface area contributed by atoms with Crippen molar-refractivity contribution in [3.8, 4) is 0 Å². The second-order valence-corrected chi connectivity index (χ2v) is 5.54. The lowest BCUT2D eigenvalue weighted by molar-refractivity contribution is 0.625. The molecule has 1 saturated heterocycles. The SMILES string of the molecule is Cc1cc(C)c(C(=N)N)c(N2CC(C)CC2C)n1. The summed E-state index contributed by atoms with van der Waals surface area (Å²) in [5.41, 5.74) is 8.55. The number of nitrogens with one attached hydrogen (secondary N) is 1.